The monoisotopic (exact) mass is 675 g/mol. The van der Waals surface area contributed by atoms with Gasteiger partial charge < -0.3 is 4.90 Å². The van der Waals surface area contributed by atoms with Gasteiger partial charge in [-0.2, -0.15) is 0 Å². The van der Waals surface area contributed by atoms with Crippen molar-refractivity contribution in [2.45, 2.75) is 33.1 Å². The molecule has 0 radical (unpaired) electrons. The van der Waals surface area contributed by atoms with Crippen LogP contribution in [0.5, 0.6) is 0 Å². The summed E-state index contributed by atoms with van der Waals surface area (Å²) in [7, 11) is 0. The first-order valence-corrected chi connectivity index (χ1v) is 18.2. The summed E-state index contributed by atoms with van der Waals surface area (Å²) in [6.45, 7) is 8.77. The summed E-state index contributed by atoms with van der Waals surface area (Å²) in [5, 5.41) is 1.91. The third-order valence-electron chi connectivity index (χ3n) is 11.1. The molecule has 3 nitrogen and oxygen atoms in total. The molecule has 10 rings (SSSR count). The Hall–Kier alpha value is -5.84. The summed E-state index contributed by atoms with van der Waals surface area (Å²) in [6.07, 6.45) is 1.82. The predicted octanol–water partition coefficient (Wildman–Crippen LogP) is 11.7. The zero-order valence-electron chi connectivity index (χ0n) is 28.8. The average molecular weight is 676 g/mol. The van der Waals surface area contributed by atoms with Crippen molar-refractivity contribution in [3.8, 4) is 11.1 Å². The van der Waals surface area contributed by atoms with E-state index < -0.39 is 5.41 Å². The molecule has 0 saturated carbocycles. The third-order valence-corrected chi connectivity index (χ3v) is 12.2. The number of aryl methyl sites for hydroxylation is 4. The molecule has 0 N–H and O–H groups in total. The molecule has 4 heteroatoms. The summed E-state index contributed by atoms with van der Waals surface area (Å²) in [6, 6.07) is 42.6. The van der Waals surface area contributed by atoms with Crippen molar-refractivity contribution < 1.29 is 9.59 Å². The second-order valence-electron chi connectivity index (χ2n) is 14.2. The molecule has 2 heterocycles. The first-order valence-electron chi connectivity index (χ1n) is 17.4. The Kier molecular flexibility index (Phi) is 6.23. The first kappa shape index (κ1) is 30.0. The van der Waals surface area contributed by atoms with Gasteiger partial charge in [-0.1, -0.05) is 96.6 Å². The minimum absolute atomic E-state index is 0.214. The maximum absolute atomic E-state index is 13.9. The SMILES string of the molecule is Cc1cc(C)c(N2c3ccc(C=C4C(=O)c5cc6ccccc6cc5C4=O)cc3C3(c4ccccc4-c4ccccc43)c3sc(C)cc32)c(C)c1. The van der Waals surface area contributed by atoms with E-state index in [1.54, 1.807) is 0 Å². The second kappa shape index (κ2) is 10.6. The van der Waals surface area contributed by atoms with Crippen LogP contribution >= 0.6 is 11.3 Å². The van der Waals surface area contributed by atoms with Gasteiger partial charge in [0.15, 0.2) is 11.6 Å². The zero-order chi connectivity index (χ0) is 34.8. The lowest BCUT2D eigenvalue weighted by molar-refractivity contribution is 0.0990. The molecule has 244 valence electrons. The quantitative estimate of drug-likeness (QED) is 0.135. The molecule has 7 aromatic rings. The number of hydrogen-bond donors (Lipinski definition) is 0. The maximum Gasteiger partial charge on any atom is 0.197 e. The molecule has 1 spiro atoms. The molecule has 0 amide bonds. The first-order chi connectivity index (χ1) is 24.8. The van der Waals surface area contributed by atoms with E-state index >= 15 is 0 Å². The van der Waals surface area contributed by atoms with Crippen LogP contribution in [0.4, 0.5) is 17.1 Å². The van der Waals surface area contributed by atoms with Crippen LogP contribution in [-0.4, -0.2) is 11.6 Å². The van der Waals surface area contributed by atoms with E-state index in [4.69, 9.17) is 0 Å². The summed E-state index contributed by atoms with van der Waals surface area (Å²) >= 11 is 1.86. The fourth-order valence-corrected chi connectivity index (χ4v) is 10.4. The Labute approximate surface area is 301 Å². The molecule has 0 atom stereocenters. The number of anilines is 3. The lowest BCUT2D eigenvalue weighted by atomic mass is 9.68. The number of Topliss-reactive ketones (excluding diaryl/α,β-unsaturated/α-hetero) is 2. The van der Waals surface area contributed by atoms with E-state index in [1.165, 1.54) is 60.1 Å². The van der Waals surface area contributed by atoms with Crippen LogP contribution in [0.2, 0.25) is 0 Å². The molecule has 6 aromatic carbocycles. The Morgan fingerprint density at radius 1 is 0.569 bits per heavy atom. The average Bonchev–Trinajstić information content (AvgIpc) is 3.73. The maximum atomic E-state index is 13.9. The largest absolute Gasteiger partial charge is 0.308 e. The fourth-order valence-electron chi connectivity index (χ4n) is 9.17. The van der Waals surface area contributed by atoms with Crippen LogP contribution in [0.15, 0.2) is 127 Å². The number of ketones is 2. The van der Waals surface area contributed by atoms with Crippen molar-refractivity contribution in [3.05, 3.63) is 187 Å². The summed E-state index contributed by atoms with van der Waals surface area (Å²) in [5.74, 6) is -0.429. The molecule has 0 fully saturated rings. The van der Waals surface area contributed by atoms with E-state index in [9.17, 15) is 9.59 Å². The number of carbonyl (C=O) groups is 2. The lowest BCUT2D eigenvalue weighted by Crippen LogP contribution is -2.35. The number of fused-ring (bicyclic) bond motifs is 11. The van der Waals surface area contributed by atoms with Crippen molar-refractivity contribution in [2.75, 3.05) is 4.90 Å². The molecule has 2 aliphatic carbocycles. The fraction of sp³-hybridized carbons (Fsp3) is 0.106. The second-order valence-corrected chi connectivity index (χ2v) is 15.5. The number of rotatable bonds is 2. The predicted molar refractivity (Wildman–Crippen MR) is 209 cm³/mol. The van der Waals surface area contributed by atoms with Gasteiger partial charge in [-0.3, -0.25) is 9.59 Å². The van der Waals surface area contributed by atoms with Gasteiger partial charge in [0, 0.05) is 20.9 Å². The number of allylic oxidation sites excluding steroid dienone is 1. The molecular weight excluding hydrogens is 643 g/mol. The molecule has 0 saturated heterocycles. The summed E-state index contributed by atoms with van der Waals surface area (Å²) < 4.78 is 0. The smallest absolute Gasteiger partial charge is 0.197 e. The van der Waals surface area contributed by atoms with Crippen LogP contribution in [0.1, 0.15) is 69.4 Å². The zero-order valence-corrected chi connectivity index (χ0v) is 29.6. The van der Waals surface area contributed by atoms with Crippen LogP contribution in [0, 0.1) is 27.7 Å². The van der Waals surface area contributed by atoms with E-state index in [0.29, 0.717) is 11.1 Å². The van der Waals surface area contributed by atoms with Gasteiger partial charge in [-0.25, -0.2) is 0 Å². The highest BCUT2D eigenvalue weighted by Gasteiger charge is 2.53. The Morgan fingerprint density at radius 3 is 1.75 bits per heavy atom. The van der Waals surface area contributed by atoms with Crippen LogP contribution in [0.25, 0.3) is 28.0 Å². The van der Waals surface area contributed by atoms with Gasteiger partial charge in [0.2, 0.25) is 0 Å². The standard InChI is InChI=1S/C47H33NO2S/c1-26-19-27(2)43(28(3)20-26)48-41-18-17-30(22-37-44(49)35-24-31-11-5-6-12-32(31)25-36(35)45(37)50)23-40(41)47(46-42(48)21-29(4)51-46)38-15-9-7-13-33(38)34-14-8-10-16-39(34)47/h5-25H,1-4H3. The summed E-state index contributed by atoms with van der Waals surface area (Å²) in [4.78, 5) is 32.8. The third kappa shape index (κ3) is 4.00. The van der Waals surface area contributed by atoms with Gasteiger partial charge in [0.1, 0.15) is 0 Å². The van der Waals surface area contributed by atoms with E-state index in [-0.39, 0.29) is 17.1 Å². The van der Waals surface area contributed by atoms with Crippen LogP contribution in [0.3, 0.4) is 0 Å². The highest BCUT2D eigenvalue weighted by Crippen LogP contribution is 2.65. The Morgan fingerprint density at radius 2 is 1.14 bits per heavy atom. The van der Waals surface area contributed by atoms with Crippen LogP contribution < -0.4 is 4.90 Å². The normalized spacial score (nSPS) is 14.8. The van der Waals surface area contributed by atoms with E-state index in [1.807, 2.05) is 53.8 Å². The van der Waals surface area contributed by atoms with Crippen molar-refractivity contribution in [3.63, 3.8) is 0 Å². The Balaban J connectivity index is 1.26. The minimum Gasteiger partial charge on any atom is -0.308 e. The highest BCUT2D eigenvalue weighted by molar-refractivity contribution is 7.12. The number of carbonyl (C=O) groups excluding carboxylic acids is 2. The van der Waals surface area contributed by atoms with Gasteiger partial charge in [0.25, 0.3) is 0 Å². The van der Waals surface area contributed by atoms with Gasteiger partial charge in [0.05, 0.1) is 28.1 Å². The van der Waals surface area contributed by atoms with Crippen molar-refractivity contribution in [1.29, 1.82) is 0 Å². The number of thiophene rings is 1. The Bertz CT molecular complexity index is 2620. The van der Waals surface area contributed by atoms with Crippen LogP contribution in [-0.2, 0) is 5.41 Å². The van der Waals surface area contributed by atoms with Crippen molar-refractivity contribution in [2.24, 2.45) is 0 Å². The molecule has 0 unspecified atom stereocenters. The molecular formula is C47H33NO2S. The van der Waals surface area contributed by atoms with E-state index in [2.05, 4.69) is 118 Å². The molecule has 1 aliphatic heterocycles. The van der Waals surface area contributed by atoms with Gasteiger partial charge in [-0.05, 0) is 119 Å². The lowest BCUT2D eigenvalue weighted by Gasteiger charge is -2.44. The summed E-state index contributed by atoms with van der Waals surface area (Å²) in [5.41, 5.74) is 14.7. The molecule has 0 bridgehead atoms. The van der Waals surface area contributed by atoms with Gasteiger partial charge >= 0.3 is 0 Å². The topological polar surface area (TPSA) is 37.4 Å². The van der Waals surface area contributed by atoms with E-state index in [0.717, 1.165) is 27.6 Å². The van der Waals surface area contributed by atoms with Gasteiger partial charge in [-0.15, -0.1) is 11.3 Å². The number of hydrogen-bond acceptors (Lipinski definition) is 4. The number of benzene rings is 6. The highest BCUT2D eigenvalue weighted by atomic mass is 32.1. The van der Waals surface area contributed by atoms with Crippen molar-refractivity contribution >= 4 is 56.8 Å². The molecule has 3 aliphatic rings. The van der Waals surface area contributed by atoms with Crippen molar-refractivity contribution in [1.82, 2.24) is 0 Å². The molecule has 1 aromatic heterocycles. The minimum atomic E-state index is -0.585. The number of nitrogens with zero attached hydrogens (tertiary/aromatic N) is 1. The molecule has 51 heavy (non-hydrogen) atoms.